The maximum atomic E-state index is 13.1. The molecule has 4 unspecified atom stereocenters. The van der Waals surface area contributed by atoms with Gasteiger partial charge in [-0.1, -0.05) is 195 Å². The molecule has 4 aromatic carbocycles. The summed E-state index contributed by atoms with van der Waals surface area (Å²) in [5, 5.41) is 48.3. The van der Waals surface area contributed by atoms with Gasteiger partial charge in [-0.3, -0.25) is 38.4 Å². The zero-order valence-electron chi connectivity index (χ0n) is 56.9. The maximum Gasteiger partial charge on any atom is 0.407 e. The Balaban J connectivity index is 0.000000317. The van der Waals surface area contributed by atoms with E-state index in [1.807, 2.05) is 60.7 Å². The smallest absolute Gasteiger partial charge is 0.407 e. The maximum absolute atomic E-state index is 13.1. The Bertz CT molecular complexity index is 3390. The van der Waals surface area contributed by atoms with Crippen molar-refractivity contribution in [1.29, 1.82) is 0 Å². The quantitative estimate of drug-likeness (QED) is 0.0115. The molecule has 544 valence electrons. The number of carbonyl (C=O) groups is 12. The number of aliphatic carboxylic acids is 4. The highest BCUT2D eigenvalue weighted by atomic mass is 33.1. The summed E-state index contributed by atoms with van der Waals surface area (Å²) >= 11 is 0. The lowest BCUT2D eigenvalue weighted by Gasteiger charge is -2.21. The van der Waals surface area contributed by atoms with E-state index < -0.39 is 83.9 Å². The van der Waals surface area contributed by atoms with E-state index in [1.54, 1.807) is 21.6 Å². The molecule has 0 aromatic heterocycles. The minimum absolute atomic E-state index is 0.0219. The molecule has 1 heterocycles. The number of fused-ring (bicyclic) bond motifs is 6. The van der Waals surface area contributed by atoms with Crippen LogP contribution >= 0.6 is 43.2 Å². The summed E-state index contributed by atoms with van der Waals surface area (Å²) in [4.78, 5) is 146. The van der Waals surface area contributed by atoms with Gasteiger partial charge in [-0.25, -0.2) is 19.2 Å². The number of unbranched alkanes of at least 4 members (excludes halogenated alkanes) is 4. The van der Waals surface area contributed by atoms with Crippen LogP contribution in [0.5, 0.6) is 0 Å². The molecular formula is C70H91N7O19S4. The highest BCUT2D eigenvalue weighted by Gasteiger charge is 2.35. The number of hydroxylamine groups is 2. The third-order valence-corrected chi connectivity index (χ3v) is 21.9. The molecule has 0 bridgehead atoms. The van der Waals surface area contributed by atoms with Gasteiger partial charge in [0.15, 0.2) is 0 Å². The van der Waals surface area contributed by atoms with Gasteiger partial charge in [0.25, 0.3) is 11.8 Å². The van der Waals surface area contributed by atoms with Crippen LogP contribution in [-0.2, 0) is 62.3 Å². The van der Waals surface area contributed by atoms with Crippen molar-refractivity contribution in [2.24, 2.45) is 5.73 Å². The molecule has 26 nitrogen and oxygen atoms in total. The van der Waals surface area contributed by atoms with Crippen LogP contribution in [0.2, 0.25) is 0 Å². The van der Waals surface area contributed by atoms with Crippen LogP contribution in [0.4, 0.5) is 9.59 Å². The average molecular weight is 1460 g/mol. The van der Waals surface area contributed by atoms with E-state index in [1.165, 1.54) is 21.6 Å². The number of carbonyl (C=O) groups excluding carboxylic acids is 8. The van der Waals surface area contributed by atoms with Crippen LogP contribution in [0.15, 0.2) is 97.1 Å². The molecule has 0 radical (unpaired) electrons. The molecule has 3 aliphatic rings. The van der Waals surface area contributed by atoms with Gasteiger partial charge in [0.1, 0.15) is 37.4 Å². The number of hydrogen-bond acceptors (Lipinski definition) is 20. The van der Waals surface area contributed by atoms with Gasteiger partial charge in [-0.05, 0) is 83.0 Å². The number of nitrogens with zero attached hydrogens (tertiary/aromatic N) is 1. The Kier molecular flexibility index (Phi) is 34.1. The second kappa shape index (κ2) is 41.4. The van der Waals surface area contributed by atoms with Crippen LogP contribution in [-0.4, -0.2) is 169 Å². The van der Waals surface area contributed by atoms with E-state index in [0.717, 1.165) is 44.5 Å². The summed E-state index contributed by atoms with van der Waals surface area (Å²) in [7, 11) is 6.24. The summed E-state index contributed by atoms with van der Waals surface area (Å²) in [5.41, 5.74) is 13.9. The molecule has 100 heavy (non-hydrogen) atoms. The lowest BCUT2D eigenvalue weighted by Crippen LogP contribution is -2.48. The van der Waals surface area contributed by atoms with Crippen molar-refractivity contribution in [1.82, 2.24) is 31.6 Å². The van der Waals surface area contributed by atoms with Crippen molar-refractivity contribution < 1.29 is 92.3 Å². The Morgan fingerprint density at radius 3 is 1.25 bits per heavy atom. The third-order valence-electron chi connectivity index (χ3n) is 15.2. The first-order valence-electron chi connectivity index (χ1n) is 32.8. The number of nitrogens with one attached hydrogen (secondary N) is 5. The van der Waals surface area contributed by atoms with Crippen molar-refractivity contribution in [2.75, 3.05) is 37.8 Å². The molecule has 1 aliphatic heterocycles. The van der Waals surface area contributed by atoms with Gasteiger partial charge in [0.05, 0.1) is 0 Å². The summed E-state index contributed by atoms with van der Waals surface area (Å²) in [6, 6.07) is 28.4. The number of carboxylic acids is 4. The van der Waals surface area contributed by atoms with Crippen molar-refractivity contribution >= 4 is 115 Å². The van der Waals surface area contributed by atoms with Gasteiger partial charge >= 0.3 is 42.0 Å². The second-order valence-corrected chi connectivity index (χ2v) is 31.9. The first kappa shape index (κ1) is 82.3. The first-order chi connectivity index (χ1) is 47.4. The predicted octanol–water partition coefficient (Wildman–Crippen LogP) is 9.80. The zero-order valence-corrected chi connectivity index (χ0v) is 60.2. The van der Waals surface area contributed by atoms with Gasteiger partial charge in [-0.2, -0.15) is 0 Å². The van der Waals surface area contributed by atoms with E-state index in [9.17, 15) is 62.6 Å². The second-order valence-electron chi connectivity index (χ2n) is 25.5. The highest BCUT2D eigenvalue weighted by Crippen LogP contribution is 2.46. The molecule has 7 rings (SSSR count). The molecular weight excluding hydrogens is 1370 g/mol. The van der Waals surface area contributed by atoms with E-state index in [4.69, 9.17) is 35.4 Å². The number of carboxylic acid groups (broad SMARTS) is 4. The first-order valence-corrected chi connectivity index (χ1v) is 37.5. The Morgan fingerprint density at radius 2 is 0.880 bits per heavy atom. The number of nitrogens with two attached hydrogens (primary N) is 1. The predicted molar refractivity (Wildman–Crippen MR) is 383 cm³/mol. The zero-order chi connectivity index (χ0) is 73.5. The van der Waals surface area contributed by atoms with Crippen molar-refractivity contribution in [3.63, 3.8) is 0 Å². The van der Waals surface area contributed by atoms with Crippen LogP contribution in [0.1, 0.15) is 166 Å². The van der Waals surface area contributed by atoms with Gasteiger partial charge in [0.2, 0.25) is 17.7 Å². The van der Waals surface area contributed by atoms with Gasteiger partial charge < -0.3 is 67.1 Å². The molecule has 2 aliphatic carbocycles. The minimum Gasteiger partial charge on any atom is -0.481 e. The van der Waals surface area contributed by atoms with E-state index in [-0.39, 0.29) is 97.7 Å². The number of benzene rings is 4. The number of imide groups is 1. The molecule has 30 heteroatoms. The standard InChI is InChI=1S/C33H43N3O8S2.C32H39N3O7S2.C5H9NO4/c1-33(2,3)46-45-20-27(30(40)34-18-10-4-5-15-28(37)35-26(31(41)42)16-17-29(38)39)36-32(43)44-19-25-23-13-8-6-11-21(23)22-12-7-9-14-24(22)25;1-32(2,3)44-43-20-26(30(39)33-18-10-4-5-15-29(38)42-35-27(36)16-17-28(35)37)34-31(40)41-19-25-23-13-8-6-11-21(23)22-12-7-9-14-24(22)25;6-3(5(9)10)1-2-4(7)8/h6-9,11-14,25-27H,4-5,10,15-20H2,1-3H3,(H,34,40)(H,35,37)(H,36,43)(H,38,39)(H,41,42);6-9,11-14,25-26H,4-5,10,15-20H2,1-3H3,(H,33,39)(H,34,40);3H,1-2,6H2,(H,7,8)(H,9,10). The normalized spacial score (nSPS) is 14.1. The van der Waals surface area contributed by atoms with E-state index in [2.05, 4.69) is 105 Å². The number of ether oxygens (including phenoxy) is 2. The largest absolute Gasteiger partial charge is 0.481 e. The minimum atomic E-state index is -1.28. The lowest BCUT2D eigenvalue weighted by atomic mass is 9.98. The summed E-state index contributed by atoms with van der Waals surface area (Å²) in [5.74, 6) is -6.87. The van der Waals surface area contributed by atoms with Crippen LogP contribution in [0, 0.1) is 0 Å². The van der Waals surface area contributed by atoms with Gasteiger partial charge in [0, 0.05) is 84.5 Å². The molecule has 0 saturated carbocycles. The number of rotatable bonds is 36. The molecule has 1 fully saturated rings. The highest BCUT2D eigenvalue weighted by molar-refractivity contribution is 8.77. The summed E-state index contributed by atoms with van der Waals surface area (Å²) < 4.78 is 11.3. The fourth-order valence-corrected chi connectivity index (χ4v) is 15.2. The van der Waals surface area contributed by atoms with E-state index >= 15 is 0 Å². The van der Waals surface area contributed by atoms with Crippen LogP contribution in [0.3, 0.4) is 0 Å². The summed E-state index contributed by atoms with van der Waals surface area (Å²) in [6.07, 6.45) is 1.47. The Labute approximate surface area is 597 Å². The number of alkyl carbamates (subject to hydrolysis) is 2. The Morgan fingerprint density at radius 1 is 0.500 bits per heavy atom. The fraction of sp³-hybridized carbons (Fsp3) is 0.486. The van der Waals surface area contributed by atoms with Crippen molar-refractivity contribution in [3.05, 3.63) is 119 Å². The van der Waals surface area contributed by atoms with Gasteiger partial charge in [-0.15, -0.1) is 5.06 Å². The third kappa shape index (κ3) is 28.7. The lowest BCUT2D eigenvalue weighted by molar-refractivity contribution is -0.197. The summed E-state index contributed by atoms with van der Waals surface area (Å²) in [6.45, 7) is 13.4. The molecule has 4 aromatic rings. The Hall–Kier alpha value is -8.32. The monoisotopic (exact) mass is 1460 g/mol. The van der Waals surface area contributed by atoms with Crippen LogP contribution in [0.25, 0.3) is 22.3 Å². The molecule has 4 atom stereocenters. The van der Waals surface area contributed by atoms with Crippen molar-refractivity contribution in [3.8, 4) is 22.3 Å². The fourth-order valence-electron chi connectivity index (χ4n) is 10.3. The molecule has 7 amide bonds. The SMILES string of the molecule is CC(C)(C)SSCC(NC(=O)OCC1c2ccccc2-c2ccccc21)C(=O)NCCCCCC(=O)NC(CCC(=O)O)C(=O)O.CC(C)(C)SSCC(NC(=O)OCC1c2ccccc2-c2ccccc21)C(=O)NCCCCCC(=O)ON1C(=O)CCC1=O.NC(CCC(=O)O)C(=O)O. The van der Waals surface area contributed by atoms with Crippen molar-refractivity contribution in [2.45, 2.75) is 177 Å². The topological polar surface area (TPSA) is 403 Å². The van der Waals surface area contributed by atoms with Crippen LogP contribution < -0.4 is 32.3 Å². The molecule has 1 saturated heterocycles. The number of amides is 7. The van der Waals surface area contributed by atoms with E-state index in [0.29, 0.717) is 68.2 Å². The average Bonchev–Trinajstić information content (AvgIpc) is 1.63. The molecule has 0 spiro atoms. The molecule has 11 N–H and O–H groups in total. The number of hydrogen-bond donors (Lipinski definition) is 10.